The molecule has 0 radical (unpaired) electrons. The number of benzene rings is 1. The Morgan fingerprint density at radius 3 is 2.54 bits per heavy atom. The van der Waals surface area contributed by atoms with Crippen molar-refractivity contribution < 1.29 is 0 Å². The third kappa shape index (κ3) is 3.29. The first kappa shape index (κ1) is 9.79. The van der Waals surface area contributed by atoms with Crippen LogP contribution in [0.2, 0.25) is 0 Å². The second-order valence-electron chi connectivity index (χ2n) is 3.12. The lowest BCUT2D eigenvalue weighted by Gasteiger charge is -1.99. The highest BCUT2D eigenvalue weighted by Gasteiger charge is 1.91. The molecule has 0 nitrogen and oxygen atoms in total. The van der Waals surface area contributed by atoms with Gasteiger partial charge in [0.1, 0.15) is 0 Å². The summed E-state index contributed by atoms with van der Waals surface area (Å²) in [5.41, 5.74) is 2.66. The fraction of sp³-hybridized carbons (Fsp3) is 0.231. The Bertz CT molecular complexity index is 280. The van der Waals surface area contributed by atoms with Crippen LogP contribution >= 0.6 is 0 Å². The van der Waals surface area contributed by atoms with Crippen molar-refractivity contribution in [2.45, 2.75) is 19.8 Å². The zero-order valence-corrected chi connectivity index (χ0v) is 8.16. The van der Waals surface area contributed by atoms with Gasteiger partial charge in [-0.25, -0.2) is 0 Å². The molecular formula is C13H16. The van der Waals surface area contributed by atoms with Crippen LogP contribution in [0.15, 0.2) is 49.1 Å². The Kier molecular flexibility index (Phi) is 4.04. The topological polar surface area (TPSA) is 0 Å². The molecule has 0 aliphatic heterocycles. The number of unbranched alkanes of at least 4 members (excludes halogenated alkanes) is 1. The largest absolute Gasteiger partial charge is 0.103 e. The van der Waals surface area contributed by atoms with Gasteiger partial charge >= 0.3 is 0 Å². The van der Waals surface area contributed by atoms with Crippen LogP contribution in [0, 0.1) is 0 Å². The van der Waals surface area contributed by atoms with Crippen molar-refractivity contribution in [3.8, 4) is 0 Å². The van der Waals surface area contributed by atoms with Gasteiger partial charge < -0.3 is 0 Å². The van der Waals surface area contributed by atoms with Gasteiger partial charge in [0, 0.05) is 0 Å². The lowest BCUT2D eigenvalue weighted by molar-refractivity contribution is 1.06. The molecule has 13 heavy (non-hydrogen) atoms. The first-order valence-corrected chi connectivity index (χ1v) is 4.67. The normalized spacial score (nSPS) is 11.3. The summed E-state index contributed by atoms with van der Waals surface area (Å²) in [4.78, 5) is 0. The number of allylic oxidation sites excluding steroid dienone is 3. The average molecular weight is 172 g/mol. The molecule has 68 valence electrons. The first-order valence-electron chi connectivity index (χ1n) is 4.67. The Labute approximate surface area is 80.6 Å². The molecule has 0 spiro atoms. The molecule has 0 bridgehead atoms. The Hall–Kier alpha value is -1.30. The predicted molar refractivity (Wildman–Crippen MR) is 59.5 cm³/mol. The number of rotatable bonds is 4. The Morgan fingerprint density at radius 2 is 1.92 bits per heavy atom. The monoisotopic (exact) mass is 172 g/mol. The van der Waals surface area contributed by atoms with Gasteiger partial charge in [-0.1, -0.05) is 42.5 Å². The zero-order chi connectivity index (χ0) is 9.52. The molecule has 1 aromatic carbocycles. The number of hydrogen-bond donors (Lipinski definition) is 0. The molecule has 0 heteroatoms. The maximum Gasteiger partial charge on any atom is -0.0231 e. The quantitative estimate of drug-likeness (QED) is 0.474. The van der Waals surface area contributed by atoms with Crippen LogP contribution in [-0.4, -0.2) is 0 Å². The lowest BCUT2D eigenvalue weighted by atomic mass is 10.1. The summed E-state index contributed by atoms with van der Waals surface area (Å²) in [6.07, 6.45) is 6.36. The van der Waals surface area contributed by atoms with E-state index in [1.165, 1.54) is 11.1 Å². The van der Waals surface area contributed by atoms with Crippen molar-refractivity contribution in [1.82, 2.24) is 0 Å². The summed E-state index contributed by atoms with van der Waals surface area (Å²) >= 11 is 0. The minimum Gasteiger partial charge on any atom is -0.103 e. The molecule has 0 unspecified atom stereocenters. The molecule has 0 saturated carbocycles. The fourth-order valence-corrected chi connectivity index (χ4v) is 1.24. The molecule has 0 amide bonds. The van der Waals surface area contributed by atoms with Crippen LogP contribution in [0.4, 0.5) is 0 Å². The summed E-state index contributed by atoms with van der Waals surface area (Å²) in [5.74, 6) is 0. The van der Waals surface area contributed by atoms with Gasteiger partial charge in [-0.15, -0.1) is 6.58 Å². The smallest absolute Gasteiger partial charge is 0.0231 e. The highest BCUT2D eigenvalue weighted by Crippen LogP contribution is 2.13. The third-order valence-electron chi connectivity index (χ3n) is 2.05. The average Bonchev–Trinajstić information content (AvgIpc) is 2.19. The van der Waals surface area contributed by atoms with Crippen molar-refractivity contribution in [1.29, 1.82) is 0 Å². The summed E-state index contributed by atoms with van der Waals surface area (Å²) in [6.45, 7) is 5.85. The summed E-state index contributed by atoms with van der Waals surface area (Å²) in [5, 5.41) is 0. The first-order chi connectivity index (χ1) is 6.34. The van der Waals surface area contributed by atoms with Crippen LogP contribution in [0.25, 0.3) is 5.57 Å². The van der Waals surface area contributed by atoms with Gasteiger partial charge in [0.25, 0.3) is 0 Å². The Balaban J connectivity index is 2.62. The second kappa shape index (κ2) is 5.36. The molecule has 0 saturated heterocycles. The molecule has 0 N–H and O–H groups in total. The van der Waals surface area contributed by atoms with E-state index in [4.69, 9.17) is 0 Å². The SMILES string of the molecule is C=CCC/C=C(\C)c1ccccc1. The molecule has 0 aromatic heterocycles. The third-order valence-corrected chi connectivity index (χ3v) is 2.05. The minimum atomic E-state index is 1.06. The van der Waals surface area contributed by atoms with E-state index in [9.17, 15) is 0 Å². The predicted octanol–water partition coefficient (Wildman–Crippen LogP) is 4.06. The molecule has 1 aromatic rings. The summed E-state index contributed by atoms with van der Waals surface area (Å²) in [7, 11) is 0. The fourth-order valence-electron chi connectivity index (χ4n) is 1.24. The number of hydrogen-bond acceptors (Lipinski definition) is 0. The molecule has 1 rings (SSSR count). The van der Waals surface area contributed by atoms with Crippen molar-refractivity contribution >= 4 is 5.57 Å². The van der Waals surface area contributed by atoms with Crippen LogP contribution < -0.4 is 0 Å². The van der Waals surface area contributed by atoms with Gasteiger partial charge in [0.05, 0.1) is 0 Å². The maximum absolute atomic E-state index is 3.70. The van der Waals surface area contributed by atoms with E-state index < -0.39 is 0 Å². The molecule has 0 atom stereocenters. The van der Waals surface area contributed by atoms with Gasteiger partial charge in [0.2, 0.25) is 0 Å². The van der Waals surface area contributed by atoms with Crippen LogP contribution in [0.3, 0.4) is 0 Å². The van der Waals surface area contributed by atoms with E-state index >= 15 is 0 Å². The van der Waals surface area contributed by atoms with Crippen LogP contribution in [0.5, 0.6) is 0 Å². The van der Waals surface area contributed by atoms with Gasteiger partial charge in [-0.2, -0.15) is 0 Å². The summed E-state index contributed by atoms with van der Waals surface area (Å²) < 4.78 is 0. The molecule has 0 aliphatic rings. The Morgan fingerprint density at radius 1 is 1.23 bits per heavy atom. The van der Waals surface area contributed by atoms with Gasteiger partial charge in [-0.05, 0) is 30.9 Å². The van der Waals surface area contributed by atoms with Crippen molar-refractivity contribution in [2.75, 3.05) is 0 Å². The van der Waals surface area contributed by atoms with Crippen molar-refractivity contribution in [2.24, 2.45) is 0 Å². The van der Waals surface area contributed by atoms with Gasteiger partial charge in [0.15, 0.2) is 0 Å². The van der Waals surface area contributed by atoms with E-state index in [0.29, 0.717) is 0 Å². The molecule has 0 aliphatic carbocycles. The highest BCUT2D eigenvalue weighted by molar-refractivity contribution is 5.63. The zero-order valence-electron chi connectivity index (χ0n) is 8.16. The lowest BCUT2D eigenvalue weighted by Crippen LogP contribution is -1.77. The summed E-state index contributed by atoms with van der Waals surface area (Å²) in [6, 6.07) is 10.5. The van der Waals surface area contributed by atoms with Crippen molar-refractivity contribution in [3.63, 3.8) is 0 Å². The van der Waals surface area contributed by atoms with E-state index in [-0.39, 0.29) is 0 Å². The maximum atomic E-state index is 3.70. The van der Waals surface area contributed by atoms with Crippen LogP contribution in [-0.2, 0) is 0 Å². The molecule has 0 heterocycles. The molecule has 0 fully saturated rings. The standard InChI is InChI=1S/C13H16/c1-3-4-6-9-12(2)13-10-7-5-8-11-13/h3,5,7-11H,1,4,6H2,2H3/b12-9+. The molecular weight excluding hydrogens is 156 g/mol. The minimum absolute atomic E-state index is 1.06. The van der Waals surface area contributed by atoms with Crippen molar-refractivity contribution in [3.05, 3.63) is 54.6 Å². The van der Waals surface area contributed by atoms with Crippen LogP contribution in [0.1, 0.15) is 25.3 Å². The van der Waals surface area contributed by atoms with E-state index in [2.05, 4.69) is 43.8 Å². The highest BCUT2D eigenvalue weighted by atomic mass is 14.0. The second-order valence-corrected chi connectivity index (χ2v) is 3.12. The van der Waals surface area contributed by atoms with E-state index in [1.807, 2.05) is 12.1 Å². The van der Waals surface area contributed by atoms with Gasteiger partial charge in [-0.3, -0.25) is 0 Å². The van der Waals surface area contributed by atoms with E-state index in [0.717, 1.165) is 12.8 Å². The van der Waals surface area contributed by atoms with E-state index in [1.54, 1.807) is 0 Å².